The Morgan fingerprint density at radius 3 is 2.27 bits per heavy atom. The van der Waals surface area contributed by atoms with E-state index in [1.165, 1.54) is 12.0 Å². The Kier molecular flexibility index (Phi) is 6.56. The maximum absolute atomic E-state index is 11.8. The van der Waals surface area contributed by atoms with Crippen LogP contribution in [0.25, 0.3) is 0 Å². The molecule has 0 bridgehead atoms. The topological polar surface area (TPSA) is 46.6 Å². The van der Waals surface area contributed by atoms with Gasteiger partial charge in [0, 0.05) is 6.54 Å². The lowest BCUT2D eigenvalue weighted by Gasteiger charge is -2.24. The number of carbonyl (C=O) groups is 2. The fraction of sp³-hybridized carbons (Fsp3) is 0.800. The number of halogens is 1. The molecule has 0 aromatic rings. The Labute approximate surface area is 99.1 Å². The molecule has 4 nitrogen and oxygen atoms in total. The van der Waals surface area contributed by atoms with Crippen LogP contribution >= 0.6 is 15.9 Å². The molecule has 1 unspecified atom stereocenters. The molecule has 1 amide bonds. The predicted molar refractivity (Wildman–Crippen MR) is 61.8 cm³/mol. The van der Waals surface area contributed by atoms with Gasteiger partial charge < -0.3 is 9.64 Å². The molecule has 0 spiro atoms. The molecule has 0 aliphatic heterocycles. The van der Waals surface area contributed by atoms with Crippen molar-refractivity contribution in [3.63, 3.8) is 0 Å². The Morgan fingerprint density at radius 2 is 1.93 bits per heavy atom. The molecule has 0 saturated carbocycles. The molecule has 1 atom stereocenters. The van der Waals surface area contributed by atoms with E-state index in [4.69, 9.17) is 0 Å². The molecular weight excluding hydrogens is 262 g/mol. The molecule has 0 aliphatic rings. The molecule has 15 heavy (non-hydrogen) atoms. The quantitative estimate of drug-likeness (QED) is 0.565. The number of hydrogen-bond acceptors (Lipinski definition) is 3. The van der Waals surface area contributed by atoms with Crippen LogP contribution in [0.3, 0.4) is 0 Å². The van der Waals surface area contributed by atoms with Crippen LogP contribution in [0.5, 0.6) is 0 Å². The minimum atomic E-state index is -0.395. The van der Waals surface area contributed by atoms with Gasteiger partial charge in [-0.2, -0.15) is 0 Å². The fourth-order valence-corrected chi connectivity index (χ4v) is 1.32. The molecule has 0 aromatic carbocycles. The van der Waals surface area contributed by atoms with Crippen LogP contribution in [0.4, 0.5) is 0 Å². The van der Waals surface area contributed by atoms with Crippen molar-refractivity contribution in [3.8, 4) is 0 Å². The molecule has 0 saturated heterocycles. The SMILES string of the molecule is CCN(CC(=O)OC)C(=O)C(Br)C(C)C. The normalized spacial score (nSPS) is 12.4. The zero-order valence-electron chi connectivity index (χ0n) is 9.62. The number of carbonyl (C=O) groups excluding carboxylic acids is 2. The van der Waals surface area contributed by atoms with Gasteiger partial charge in [-0.1, -0.05) is 29.8 Å². The number of hydrogen-bond donors (Lipinski definition) is 0. The molecule has 0 radical (unpaired) electrons. The van der Waals surface area contributed by atoms with Crippen molar-refractivity contribution in [1.29, 1.82) is 0 Å². The summed E-state index contributed by atoms with van der Waals surface area (Å²) >= 11 is 3.32. The molecule has 0 aromatic heterocycles. The van der Waals surface area contributed by atoms with Gasteiger partial charge in [-0.3, -0.25) is 9.59 Å². The summed E-state index contributed by atoms with van der Waals surface area (Å²) in [6, 6.07) is 0. The van der Waals surface area contributed by atoms with Crippen molar-refractivity contribution in [3.05, 3.63) is 0 Å². The van der Waals surface area contributed by atoms with Crippen molar-refractivity contribution in [2.45, 2.75) is 25.6 Å². The first-order chi connectivity index (χ1) is 6.93. The first-order valence-electron chi connectivity index (χ1n) is 4.93. The van der Waals surface area contributed by atoms with Gasteiger partial charge in [0.25, 0.3) is 0 Å². The van der Waals surface area contributed by atoms with E-state index in [1.807, 2.05) is 20.8 Å². The van der Waals surface area contributed by atoms with E-state index in [9.17, 15) is 9.59 Å². The van der Waals surface area contributed by atoms with E-state index in [2.05, 4.69) is 20.7 Å². The molecule has 5 heteroatoms. The second-order valence-corrected chi connectivity index (χ2v) is 4.56. The molecular formula is C10H18BrNO3. The highest BCUT2D eigenvalue weighted by atomic mass is 79.9. The Morgan fingerprint density at radius 1 is 1.40 bits per heavy atom. The highest BCUT2D eigenvalue weighted by Gasteiger charge is 2.25. The van der Waals surface area contributed by atoms with Crippen LogP contribution in [0, 0.1) is 5.92 Å². The van der Waals surface area contributed by atoms with Gasteiger partial charge in [0.2, 0.25) is 5.91 Å². The first kappa shape index (κ1) is 14.4. The van der Waals surface area contributed by atoms with Crippen LogP contribution in [0.1, 0.15) is 20.8 Å². The van der Waals surface area contributed by atoms with Crippen LogP contribution < -0.4 is 0 Å². The molecule has 0 rings (SSSR count). The summed E-state index contributed by atoms with van der Waals surface area (Å²) in [7, 11) is 1.31. The maximum Gasteiger partial charge on any atom is 0.325 e. The monoisotopic (exact) mass is 279 g/mol. The third-order valence-corrected chi connectivity index (χ3v) is 3.51. The van der Waals surface area contributed by atoms with Crippen LogP contribution in [0.2, 0.25) is 0 Å². The number of nitrogens with zero attached hydrogens (tertiary/aromatic N) is 1. The average molecular weight is 280 g/mol. The minimum Gasteiger partial charge on any atom is -0.468 e. The van der Waals surface area contributed by atoms with Gasteiger partial charge in [0.05, 0.1) is 11.9 Å². The Hall–Kier alpha value is -0.580. The molecule has 0 heterocycles. The van der Waals surface area contributed by atoms with Gasteiger partial charge >= 0.3 is 5.97 Å². The van der Waals surface area contributed by atoms with Crippen molar-refractivity contribution >= 4 is 27.8 Å². The molecule has 0 fully saturated rings. The Balaban J connectivity index is 4.40. The van der Waals surface area contributed by atoms with Crippen molar-refractivity contribution in [2.75, 3.05) is 20.2 Å². The summed E-state index contributed by atoms with van der Waals surface area (Å²) in [6.45, 7) is 6.25. The van der Waals surface area contributed by atoms with Gasteiger partial charge in [0.15, 0.2) is 0 Å². The number of methoxy groups -OCH3 is 1. The van der Waals surface area contributed by atoms with E-state index >= 15 is 0 Å². The fourth-order valence-electron chi connectivity index (χ4n) is 1.03. The summed E-state index contributed by atoms with van der Waals surface area (Å²) in [5, 5.41) is 0. The van der Waals surface area contributed by atoms with E-state index in [-0.39, 0.29) is 23.2 Å². The van der Waals surface area contributed by atoms with E-state index in [0.29, 0.717) is 6.54 Å². The van der Waals surface area contributed by atoms with Gasteiger partial charge in [-0.15, -0.1) is 0 Å². The van der Waals surface area contributed by atoms with Crippen molar-refractivity contribution < 1.29 is 14.3 Å². The highest BCUT2D eigenvalue weighted by molar-refractivity contribution is 9.10. The molecule has 88 valence electrons. The summed E-state index contributed by atoms with van der Waals surface area (Å²) in [5.41, 5.74) is 0. The largest absolute Gasteiger partial charge is 0.468 e. The summed E-state index contributed by atoms with van der Waals surface area (Å²) < 4.78 is 4.52. The summed E-state index contributed by atoms with van der Waals surface area (Å²) in [6.07, 6.45) is 0. The first-order valence-corrected chi connectivity index (χ1v) is 5.85. The number of esters is 1. The number of ether oxygens (including phenoxy) is 1. The highest BCUT2D eigenvalue weighted by Crippen LogP contribution is 2.15. The standard InChI is InChI=1S/C10H18BrNO3/c1-5-12(6-8(13)15-4)10(14)9(11)7(2)3/h7,9H,5-6H2,1-4H3. The smallest absolute Gasteiger partial charge is 0.325 e. The lowest BCUT2D eigenvalue weighted by molar-refractivity contribution is -0.146. The van der Waals surface area contributed by atoms with Crippen LogP contribution in [0.15, 0.2) is 0 Å². The van der Waals surface area contributed by atoms with Crippen molar-refractivity contribution in [1.82, 2.24) is 4.90 Å². The van der Waals surface area contributed by atoms with E-state index < -0.39 is 5.97 Å². The number of alkyl halides is 1. The lowest BCUT2D eigenvalue weighted by Crippen LogP contribution is -2.41. The zero-order chi connectivity index (χ0) is 12.0. The van der Waals surface area contributed by atoms with E-state index in [1.54, 1.807) is 0 Å². The van der Waals surface area contributed by atoms with Crippen LogP contribution in [-0.2, 0) is 14.3 Å². The van der Waals surface area contributed by atoms with Gasteiger partial charge in [-0.25, -0.2) is 0 Å². The minimum absolute atomic E-state index is 0.0145. The molecule has 0 aliphatic carbocycles. The zero-order valence-corrected chi connectivity index (χ0v) is 11.2. The molecule has 0 N–H and O–H groups in total. The van der Waals surface area contributed by atoms with Gasteiger partial charge in [0.1, 0.15) is 6.54 Å². The number of amides is 1. The Bertz CT molecular complexity index is 231. The predicted octanol–water partition coefficient (Wildman–Crippen LogP) is 1.43. The maximum atomic E-state index is 11.8. The van der Waals surface area contributed by atoms with Crippen molar-refractivity contribution in [2.24, 2.45) is 5.92 Å². The lowest BCUT2D eigenvalue weighted by atomic mass is 10.1. The second kappa shape index (κ2) is 6.82. The van der Waals surface area contributed by atoms with Crippen LogP contribution in [-0.4, -0.2) is 41.8 Å². The number of rotatable bonds is 5. The average Bonchev–Trinajstić information content (AvgIpc) is 2.23. The number of likely N-dealkylation sites (N-methyl/N-ethyl adjacent to an activating group) is 1. The third-order valence-electron chi connectivity index (χ3n) is 2.06. The van der Waals surface area contributed by atoms with Gasteiger partial charge in [-0.05, 0) is 12.8 Å². The second-order valence-electron chi connectivity index (χ2n) is 3.57. The van der Waals surface area contributed by atoms with E-state index in [0.717, 1.165) is 0 Å². The summed E-state index contributed by atoms with van der Waals surface area (Å²) in [5.74, 6) is -0.268. The summed E-state index contributed by atoms with van der Waals surface area (Å²) in [4.78, 5) is 24.1. The third kappa shape index (κ3) is 4.64.